The van der Waals surface area contributed by atoms with E-state index >= 15 is 0 Å². The average Bonchev–Trinajstić information content (AvgIpc) is 3.15. The van der Waals surface area contributed by atoms with Crippen LogP contribution < -0.4 is 5.56 Å². The molecule has 4 heteroatoms. The van der Waals surface area contributed by atoms with Gasteiger partial charge in [-0.1, -0.05) is 66.2 Å². The van der Waals surface area contributed by atoms with Crippen LogP contribution in [0.1, 0.15) is 16.7 Å². The molecule has 0 radical (unpaired) electrons. The molecule has 0 saturated carbocycles. The highest BCUT2D eigenvalue weighted by molar-refractivity contribution is 7.17. The summed E-state index contributed by atoms with van der Waals surface area (Å²) in [4.78, 5) is 18.8. The molecule has 3 nitrogen and oxygen atoms in total. The molecule has 0 saturated heterocycles. The van der Waals surface area contributed by atoms with E-state index in [1.54, 1.807) is 10.9 Å². The zero-order chi connectivity index (χ0) is 20.0. The van der Waals surface area contributed by atoms with E-state index in [4.69, 9.17) is 0 Å². The Balaban J connectivity index is 1.66. The lowest BCUT2D eigenvalue weighted by Gasteiger charge is -2.10. The minimum atomic E-state index is 0.0131. The monoisotopic (exact) mass is 396 g/mol. The van der Waals surface area contributed by atoms with E-state index in [1.807, 2.05) is 18.2 Å². The van der Waals surface area contributed by atoms with Crippen molar-refractivity contribution in [1.29, 1.82) is 0 Å². The third-order valence-electron chi connectivity index (χ3n) is 5.45. The van der Waals surface area contributed by atoms with Gasteiger partial charge in [0.25, 0.3) is 5.56 Å². The Morgan fingerprint density at radius 2 is 1.79 bits per heavy atom. The van der Waals surface area contributed by atoms with Gasteiger partial charge in [0.1, 0.15) is 4.83 Å². The lowest BCUT2D eigenvalue weighted by Crippen LogP contribution is -2.21. The Hall–Kier alpha value is -3.24. The highest BCUT2D eigenvalue weighted by atomic mass is 32.1. The minimum Gasteiger partial charge on any atom is -0.294 e. The third kappa shape index (κ3) is 3.06. The number of aryl methyl sites for hydroxylation is 2. The lowest BCUT2D eigenvalue weighted by atomic mass is 9.99. The smallest absolute Gasteiger partial charge is 0.263 e. The first-order valence-corrected chi connectivity index (χ1v) is 10.5. The average molecular weight is 397 g/mol. The zero-order valence-electron chi connectivity index (χ0n) is 16.3. The van der Waals surface area contributed by atoms with Gasteiger partial charge in [0.15, 0.2) is 0 Å². The van der Waals surface area contributed by atoms with E-state index in [0.717, 1.165) is 21.5 Å². The fraction of sp³-hybridized carbons (Fsp3) is 0.120. The van der Waals surface area contributed by atoms with Crippen LogP contribution in [0.4, 0.5) is 0 Å². The van der Waals surface area contributed by atoms with Gasteiger partial charge in [-0.2, -0.15) is 0 Å². The second-order valence-corrected chi connectivity index (χ2v) is 8.32. The van der Waals surface area contributed by atoms with E-state index < -0.39 is 0 Å². The molecular weight excluding hydrogens is 376 g/mol. The van der Waals surface area contributed by atoms with Crippen LogP contribution in [0.3, 0.4) is 0 Å². The molecule has 29 heavy (non-hydrogen) atoms. The van der Waals surface area contributed by atoms with Crippen LogP contribution in [0.15, 0.2) is 77.2 Å². The van der Waals surface area contributed by atoms with Crippen molar-refractivity contribution in [2.45, 2.75) is 20.4 Å². The minimum absolute atomic E-state index is 0.0131. The Bertz CT molecular complexity index is 1420. The van der Waals surface area contributed by atoms with Crippen molar-refractivity contribution in [3.8, 4) is 11.1 Å². The van der Waals surface area contributed by atoms with Crippen LogP contribution in [0.25, 0.3) is 32.1 Å². The maximum absolute atomic E-state index is 13.4. The first kappa shape index (κ1) is 17.8. The predicted molar refractivity (Wildman–Crippen MR) is 122 cm³/mol. The van der Waals surface area contributed by atoms with E-state index in [2.05, 4.69) is 66.7 Å². The molecule has 0 atom stereocenters. The maximum atomic E-state index is 13.4. The number of thiophene rings is 1. The summed E-state index contributed by atoms with van der Waals surface area (Å²) < 4.78 is 1.73. The number of aromatic nitrogens is 2. The van der Waals surface area contributed by atoms with Gasteiger partial charge in [0, 0.05) is 10.9 Å². The van der Waals surface area contributed by atoms with Crippen LogP contribution in [-0.2, 0) is 6.54 Å². The first-order chi connectivity index (χ1) is 14.1. The number of hydrogen-bond acceptors (Lipinski definition) is 3. The topological polar surface area (TPSA) is 34.9 Å². The van der Waals surface area contributed by atoms with E-state index in [-0.39, 0.29) is 5.56 Å². The molecule has 0 bridgehead atoms. The van der Waals surface area contributed by atoms with Crippen LogP contribution in [-0.4, -0.2) is 9.55 Å². The summed E-state index contributed by atoms with van der Waals surface area (Å²) in [6, 6.07) is 20.8. The number of fused-ring (bicyclic) bond motifs is 2. The summed E-state index contributed by atoms with van der Waals surface area (Å²) in [6.07, 6.45) is 1.68. The number of hydrogen-bond donors (Lipinski definition) is 0. The number of benzene rings is 3. The zero-order valence-corrected chi connectivity index (χ0v) is 17.2. The van der Waals surface area contributed by atoms with Gasteiger partial charge < -0.3 is 0 Å². The summed E-state index contributed by atoms with van der Waals surface area (Å²) in [7, 11) is 0. The molecule has 0 N–H and O–H groups in total. The summed E-state index contributed by atoms with van der Waals surface area (Å²) >= 11 is 1.53. The third-order valence-corrected chi connectivity index (χ3v) is 6.34. The molecule has 142 valence electrons. The summed E-state index contributed by atoms with van der Waals surface area (Å²) in [6.45, 7) is 4.68. The molecule has 3 aromatic carbocycles. The van der Waals surface area contributed by atoms with Gasteiger partial charge in [-0.25, -0.2) is 4.98 Å². The van der Waals surface area contributed by atoms with Crippen molar-refractivity contribution in [1.82, 2.24) is 9.55 Å². The molecule has 0 fully saturated rings. The van der Waals surface area contributed by atoms with Gasteiger partial charge in [-0.3, -0.25) is 9.36 Å². The van der Waals surface area contributed by atoms with Crippen molar-refractivity contribution in [2.75, 3.05) is 0 Å². The normalized spacial score (nSPS) is 11.4. The molecule has 0 aliphatic heterocycles. The number of nitrogens with zero attached hydrogens (tertiary/aromatic N) is 2. The largest absolute Gasteiger partial charge is 0.294 e. The Kier molecular flexibility index (Phi) is 4.29. The van der Waals surface area contributed by atoms with E-state index in [0.29, 0.717) is 11.9 Å². The van der Waals surface area contributed by atoms with Gasteiger partial charge in [-0.15, -0.1) is 11.3 Å². The molecule has 2 heterocycles. The van der Waals surface area contributed by atoms with Crippen molar-refractivity contribution >= 4 is 32.3 Å². The highest BCUT2D eigenvalue weighted by Crippen LogP contribution is 2.33. The SMILES string of the molecule is Cc1ccc(-c2csc3ncn(Cc4cccc5ccccc45)c(=O)c23)c(C)c1. The van der Waals surface area contributed by atoms with Crippen molar-refractivity contribution < 1.29 is 0 Å². The fourth-order valence-electron chi connectivity index (χ4n) is 4.01. The molecule has 0 aliphatic carbocycles. The first-order valence-electron chi connectivity index (χ1n) is 9.63. The van der Waals surface area contributed by atoms with Gasteiger partial charge in [0.05, 0.1) is 18.3 Å². The van der Waals surface area contributed by atoms with Crippen LogP contribution in [0, 0.1) is 13.8 Å². The van der Waals surface area contributed by atoms with Crippen molar-refractivity contribution in [3.63, 3.8) is 0 Å². The molecule has 0 aliphatic rings. The van der Waals surface area contributed by atoms with Crippen LogP contribution >= 0.6 is 11.3 Å². The van der Waals surface area contributed by atoms with Gasteiger partial charge in [0.2, 0.25) is 0 Å². The standard InChI is InChI=1S/C25H20N2OS/c1-16-10-11-20(17(2)12-16)22-14-29-24-23(22)25(28)27(15-26-24)13-19-8-5-7-18-6-3-4-9-21(18)19/h3-12,14-15H,13H2,1-2H3. The molecular formula is C25H20N2OS. The van der Waals surface area contributed by atoms with E-state index in [1.165, 1.54) is 33.2 Å². The summed E-state index contributed by atoms with van der Waals surface area (Å²) in [5.74, 6) is 0. The predicted octanol–water partition coefficient (Wildman–Crippen LogP) is 5.94. The van der Waals surface area contributed by atoms with Crippen LogP contribution in [0.5, 0.6) is 0 Å². The second-order valence-electron chi connectivity index (χ2n) is 7.46. The Labute approximate surface area is 172 Å². The quantitative estimate of drug-likeness (QED) is 0.378. The van der Waals surface area contributed by atoms with Gasteiger partial charge >= 0.3 is 0 Å². The molecule has 5 aromatic rings. The lowest BCUT2D eigenvalue weighted by molar-refractivity contribution is 0.754. The van der Waals surface area contributed by atoms with Crippen LogP contribution in [0.2, 0.25) is 0 Å². The maximum Gasteiger partial charge on any atom is 0.263 e. The molecule has 0 unspecified atom stereocenters. The molecule has 0 spiro atoms. The second kappa shape index (κ2) is 6.98. The van der Waals surface area contributed by atoms with Gasteiger partial charge in [-0.05, 0) is 41.3 Å². The van der Waals surface area contributed by atoms with Crippen molar-refractivity contribution in [2.24, 2.45) is 0 Å². The highest BCUT2D eigenvalue weighted by Gasteiger charge is 2.15. The Morgan fingerprint density at radius 1 is 0.966 bits per heavy atom. The molecule has 5 rings (SSSR count). The van der Waals surface area contributed by atoms with E-state index in [9.17, 15) is 4.79 Å². The number of rotatable bonds is 3. The fourth-order valence-corrected chi connectivity index (χ4v) is 4.91. The molecule has 2 aromatic heterocycles. The Morgan fingerprint density at radius 3 is 2.66 bits per heavy atom. The molecule has 0 amide bonds. The summed E-state index contributed by atoms with van der Waals surface area (Å²) in [5.41, 5.74) is 5.61. The van der Waals surface area contributed by atoms with Crippen molar-refractivity contribution in [3.05, 3.63) is 99.4 Å². The summed E-state index contributed by atoms with van der Waals surface area (Å²) in [5, 5.41) is 5.11.